The fourth-order valence-corrected chi connectivity index (χ4v) is 5.22. The molecule has 33 heavy (non-hydrogen) atoms. The van der Waals surface area contributed by atoms with E-state index in [-0.39, 0.29) is 4.90 Å². The van der Waals surface area contributed by atoms with E-state index < -0.39 is 10.0 Å². The molecule has 0 aliphatic rings. The maximum atomic E-state index is 12.5. The number of aryl methyl sites for hydroxylation is 1. The van der Waals surface area contributed by atoms with Crippen molar-refractivity contribution in [3.63, 3.8) is 0 Å². The minimum Gasteiger partial charge on any atom is -0.424 e. The number of benzene rings is 2. The molecule has 0 radical (unpaired) electrons. The Bertz CT molecular complexity index is 1330. The smallest absolute Gasteiger partial charge is 0.242 e. The average molecular weight is 486 g/mol. The fourth-order valence-electron chi connectivity index (χ4n) is 3.42. The zero-order chi connectivity index (χ0) is 23.4. The van der Waals surface area contributed by atoms with Crippen LogP contribution in [0.1, 0.15) is 37.1 Å². The number of sulfonamides is 1. The van der Waals surface area contributed by atoms with Crippen LogP contribution >= 0.6 is 11.8 Å². The monoisotopic (exact) mass is 485 g/mol. The van der Waals surface area contributed by atoms with Gasteiger partial charge in [0, 0.05) is 20.6 Å². The average Bonchev–Trinajstić information content (AvgIpc) is 3.40. The molecule has 4 aromatic rings. The number of hydrogen-bond donors (Lipinski definition) is 0. The van der Waals surface area contributed by atoms with Crippen LogP contribution in [0, 0.1) is 0 Å². The van der Waals surface area contributed by atoms with Gasteiger partial charge in [0.25, 0.3) is 0 Å². The van der Waals surface area contributed by atoms with Crippen LogP contribution in [0.2, 0.25) is 0 Å². The van der Waals surface area contributed by atoms with Gasteiger partial charge in [0.2, 0.25) is 21.8 Å². The Kier molecular flexibility index (Phi) is 7.16. The molecular formula is C23H27N5O3S2. The highest BCUT2D eigenvalue weighted by Crippen LogP contribution is 2.29. The number of thioether (sulfide) groups is 1. The minimum atomic E-state index is -3.52. The molecular weight excluding hydrogens is 458 g/mol. The van der Waals surface area contributed by atoms with Crippen molar-refractivity contribution in [3.05, 3.63) is 65.9 Å². The lowest BCUT2D eigenvalue weighted by Gasteiger charge is -2.11. The van der Waals surface area contributed by atoms with Gasteiger partial charge in [-0.2, -0.15) is 0 Å². The Morgan fingerprint density at radius 3 is 2.55 bits per heavy atom. The van der Waals surface area contributed by atoms with Crippen molar-refractivity contribution in [3.8, 4) is 0 Å². The summed E-state index contributed by atoms with van der Waals surface area (Å²) in [4.78, 5) is 4.98. The van der Waals surface area contributed by atoms with Gasteiger partial charge in [0.05, 0.1) is 28.1 Å². The summed E-state index contributed by atoms with van der Waals surface area (Å²) in [6, 6.07) is 15.1. The Morgan fingerprint density at radius 1 is 1.06 bits per heavy atom. The number of fused-ring (bicyclic) bond motifs is 1. The fraction of sp³-hybridized carbons (Fsp3) is 0.348. The molecule has 0 aliphatic carbocycles. The third kappa shape index (κ3) is 5.29. The van der Waals surface area contributed by atoms with E-state index in [0.29, 0.717) is 29.5 Å². The summed E-state index contributed by atoms with van der Waals surface area (Å²) in [5.74, 6) is 1.60. The van der Waals surface area contributed by atoms with Gasteiger partial charge in [-0.1, -0.05) is 55.4 Å². The van der Waals surface area contributed by atoms with Crippen LogP contribution in [-0.2, 0) is 28.7 Å². The topological polar surface area (TPSA) is 94.1 Å². The van der Waals surface area contributed by atoms with Gasteiger partial charge in [-0.25, -0.2) is 17.7 Å². The van der Waals surface area contributed by atoms with Gasteiger partial charge in [0.1, 0.15) is 0 Å². The molecule has 2 heterocycles. The molecule has 0 aliphatic heterocycles. The highest BCUT2D eigenvalue weighted by Gasteiger charge is 2.20. The van der Waals surface area contributed by atoms with Crippen LogP contribution in [-0.4, -0.2) is 46.6 Å². The number of nitrogens with zero attached hydrogens (tertiary/aromatic N) is 5. The van der Waals surface area contributed by atoms with Gasteiger partial charge in [-0.05, 0) is 30.2 Å². The maximum Gasteiger partial charge on any atom is 0.242 e. The number of unbranched alkanes of at least 4 members (excludes halogenated alkanes) is 1. The summed E-state index contributed by atoms with van der Waals surface area (Å²) in [5.41, 5.74) is 2.69. The number of imidazole rings is 1. The van der Waals surface area contributed by atoms with Crippen molar-refractivity contribution >= 4 is 32.8 Å². The third-order valence-corrected chi connectivity index (χ3v) is 8.00. The molecule has 0 amide bonds. The summed E-state index contributed by atoms with van der Waals surface area (Å²) >= 11 is 1.51. The SMILES string of the molecule is CCCCn1c(SCc2nnc(Cc3ccccc3)o2)nc2cc(S(=O)(=O)N(C)C)ccc21. The Balaban J connectivity index is 1.56. The molecule has 0 spiro atoms. The second-order valence-electron chi connectivity index (χ2n) is 7.88. The molecule has 4 rings (SSSR count). The van der Waals surface area contributed by atoms with Crippen LogP contribution in [0.3, 0.4) is 0 Å². The summed E-state index contributed by atoms with van der Waals surface area (Å²) in [7, 11) is -0.473. The van der Waals surface area contributed by atoms with Gasteiger partial charge < -0.3 is 8.98 Å². The molecule has 2 aromatic carbocycles. The van der Waals surface area contributed by atoms with Gasteiger partial charge in [0.15, 0.2) is 5.16 Å². The lowest BCUT2D eigenvalue weighted by atomic mass is 10.2. The predicted molar refractivity (Wildman–Crippen MR) is 129 cm³/mol. The number of rotatable bonds is 10. The first-order valence-corrected chi connectivity index (χ1v) is 13.2. The number of hydrogen-bond acceptors (Lipinski definition) is 7. The molecule has 8 nitrogen and oxygen atoms in total. The predicted octanol–water partition coefficient (Wildman–Crippen LogP) is 4.35. The van der Waals surface area contributed by atoms with E-state index in [2.05, 4.69) is 21.7 Å². The molecule has 10 heteroatoms. The summed E-state index contributed by atoms with van der Waals surface area (Å²) < 4.78 is 34.3. The van der Waals surface area contributed by atoms with Gasteiger partial charge in [-0.3, -0.25) is 0 Å². The molecule has 174 valence electrons. The van der Waals surface area contributed by atoms with Crippen molar-refractivity contribution in [2.45, 2.75) is 48.5 Å². The quantitative estimate of drug-likeness (QED) is 0.308. The zero-order valence-corrected chi connectivity index (χ0v) is 20.6. The lowest BCUT2D eigenvalue weighted by molar-refractivity contribution is 0.473. The normalized spacial score (nSPS) is 12.1. The van der Waals surface area contributed by atoms with E-state index in [1.165, 1.54) is 30.2 Å². The lowest BCUT2D eigenvalue weighted by Crippen LogP contribution is -2.22. The molecule has 0 N–H and O–H groups in total. The molecule has 2 aromatic heterocycles. The molecule has 0 fully saturated rings. The van der Waals surface area contributed by atoms with Crippen LogP contribution in [0.15, 0.2) is 63.0 Å². The minimum absolute atomic E-state index is 0.235. The Labute approximate surface area is 198 Å². The first kappa shape index (κ1) is 23.5. The third-order valence-electron chi connectivity index (χ3n) is 5.23. The van der Waals surface area contributed by atoms with E-state index in [4.69, 9.17) is 9.40 Å². The van der Waals surface area contributed by atoms with Crippen LogP contribution in [0.5, 0.6) is 0 Å². The van der Waals surface area contributed by atoms with E-state index in [9.17, 15) is 8.42 Å². The second-order valence-corrected chi connectivity index (χ2v) is 11.0. The van der Waals surface area contributed by atoms with Crippen molar-refractivity contribution in [2.24, 2.45) is 0 Å². The molecule has 0 unspecified atom stereocenters. The Hall–Kier alpha value is -2.69. The first-order valence-electron chi connectivity index (χ1n) is 10.8. The van der Waals surface area contributed by atoms with Crippen molar-refractivity contribution in [2.75, 3.05) is 14.1 Å². The van der Waals surface area contributed by atoms with Gasteiger partial charge in [-0.15, -0.1) is 10.2 Å². The summed E-state index contributed by atoms with van der Waals surface area (Å²) in [5, 5.41) is 9.15. The highest BCUT2D eigenvalue weighted by atomic mass is 32.2. The molecule has 0 atom stereocenters. The summed E-state index contributed by atoms with van der Waals surface area (Å²) in [6.45, 7) is 2.94. The zero-order valence-electron chi connectivity index (χ0n) is 18.9. The van der Waals surface area contributed by atoms with Crippen molar-refractivity contribution in [1.29, 1.82) is 0 Å². The van der Waals surface area contributed by atoms with Gasteiger partial charge >= 0.3 is 0 Å². The largest absolute Gasteiger partial charge is 0.424 e. The second kappa shape index (κ2) is 10.1. The first-order chi connectivity index (χ1) is 15.9. The van der Waals surface area contributed by atoms with Crippen LogP contribution in [0.4, 0.5) is 0 Å². The number of aromatic nitrogens is 4. The van der Waals surface area contributed by atoms with E-state index >= 15 is 0 Å². The van der Waals surface area contributed by atoms with Crippen molar-refractivity contribution in [1.82, 2.24) is 24.1 Å². The summed E-state index contributed by atoms with van der Waals surface area (Å²) in [6.07, 6.45) is 2.64. The van der Waals surface area contributed by atoms with E-state index in [1.54, 1.807) is 12.1 Å². The van der Waals surface area contributed by atoms with E-state index in [0.717, 1.165) is 35.6 Å². The van der Waals surface area contributed by atoms with Crippen LogP contribution in [0.25, 0.3) is 11.0 Å². The van der Waals surface area contributed by atoms with Crippen LogP contribution < -0.4 is 0 Å². The highest BCUT2D eigenvalue weighted by molar-refractivity contribution is 7.98. The molecule has 0 bridgehead atoms. The molecule has 0 saturated carbocycles. The van der Waals surface area contributed by atoms with E-state index in [1.807, 2.05) is 36.4 Å². The standard InChI is InChI=1S/C23H27N5O3S2/c1-4-5-13-28-20-12-11-18(33(29,30)27(2)3)15-19(20)24-23(28)32-16-22-26-25-21(31-22)14-17-9-7-6-8-10-17/h6-12,15H,4-5,13-14,16H2,1-3H3. The maximum absolute atomic E-state index is 12.5. The molecule has 0 saturated heterocycles. The Morgan fingerprint density at radius 2 is 1.82 bits per heavy atom. The van der Waals surface area contributed by atoms with Crippen molar-refractivity contribution < 1.29 is 12.8 Å².